The zero-order chi connectivity index (χ0) is 21.0. The lowest BCUT2D eigenvalue weighted by Gasteiger charge is -2.36. The van der Waals surface area contributed by atoms with Crippen LogP contribution in [0.15, 0.2) is 54.6 Å². The molecule has 0 saturated heterocycles. The first-order chi connectivity index (χ1) is 14.4. The van der Waals surface area contributed by atoms with Crippen LogP contribution in [0.2, 0.25) is 0 Å². The number of esters is 1. The molecule has 8 nitrogen and oxygen atoms in total. The number of carbonyl (C=O) groups is 1. The smallest absolute Gasteiger partial charge is 0.340 e. The molecular weight excluding hydrogens is 406 g/mol. The van der Waals surface area contributed by atoms with Crippen LogP contribution >= 0.6 is 12.2 Å². The fraction of sp³-hybridized carbons (Fsp3) is 0.0476. The summed E-state index contributed by atoms with van der Waals surface area (Å²) < 4.78 is 11.9. The van der Waals surface area contributed by atoms with E-state index in [1.54, 1.807) is 30.3 Å². The minimum Gasteiger partial charge on any atom is -0.508 e. The normalized spacial score (nSPS) is 14.7. The SMILES string of the molecule is NC(=S)NNc1ccc2c(c1)C(=O)OC21c2ccc(O)cc2Oc2cc(O)ccc21. The molecule has 0 radical (unpaired) electrons. The molecule has 0 aliphatic carbocycles. The van der Waals surface area contributed by atoms with Gasteiger partial charge in [-0.15, -0.1) is 0 Å². The van der Waals surface area contributed by atoms with Gasteiger partial charge < -0.3 is 25.4 Å². The van der Waals surface area contributed by atoms with Gasteiger partial charge in [0.2, 0.25) is 0 Å². The van der Waals surface area contributed by atoms with Crippen molar-refractivity contribution < 1.29 is 24.5 Å². The van der Waals surface area contributed by atoms with Gasteiger partial charge in [0.05, 0.1) is 11.3 Å². The maximum absolute atomic E-state index is 12.9. The largest absolute Gasteiger partial charge is 0.508 e. The zero-order valence-corrected chi connectivity index (χ0v) is 16.1. The summed E-state index contributed by atoms with van der Waals surface area (Å²) in [7, 11) is 0. The van der Waals surface area contributed by atoms with E-state index in [1.165, 1.54) is 24.3 Å². The third-order valence-corrected chi connectivity index (χ3v) is 5.21. The number of fused-ring (bicyclic) bond motifs is 6. The van der Waals surface area contributed by atoms with E-state index in [4.69, 9.17) is 27.4 Å². The predicted molar refractivity (Wildman–Crippen MR) is 112 cm³/mol. The number of carbonyl (C=O) groups excluding carboxylic acids is 1. The van der Waals surface area contributed by atoms with Gasteiger partial charge in [0.1, 0.15) is 23.0 Å². The van der Waals surface area contributed by atoms with Crippen molar-refractivity contribution in [2.45, 2.75) is 5.60 Å². The highest BCUT2D eigenvalue weighted by atomic mass is 32.1. The van der Waals surface area contributed by atoms with Gasteiger partial charge in [-0.3, -0.25) is 10.9 Å². The van der Waals surface area contributed by atoms with Crippen molar-refractivity contribution in [3.05, 3.63) is 76.9 Å². The quantitative estimate of drug-likeness (QED) is 0.241. The van der Waals surface area contributed by atoms with Crippen molar-refractivity contribution in [1.29, 1.82) is 0 Å². The van der Waals surface area contributed by atoms with Gasteiger partial charge in [-0.05, 0) is 48.6 Å². The number of phenolic OH excluding ortho intramolecular Hbond substituents is 2. The summed E-state index contributed by atoms with van der Waals surface area (Å²) in [5.41, 5.74) is 12.2. The minimum absolute atomic E-state index is 0.000394. The number of anilines is 1. The van der Waals surface area contributed by atoms with Gasteiger partial charge >= 0.3 is 5.97 Å². The summed E-state index contributed by atoms with van der Waals surface area (Å²) in [6, 6.07) is 14.4. The second-order valence-electron chi connectivity index (χ2n) is 6.91. The molecule has 1 spiro atoms. The molecule has 3 aromatic rings. The number of benzene rings is 3. The third-order valence-electron chi connectivity index (χ3n) is 5.10. The van der Waals surface area contributed by atoms with E-state index in [2.05, 4.69) is 10.9 Å². The van der Waals surface area contributed by atoms with Crippen LogP contribution in [0.3, 0.4) is 0 Å². The van der Waals surface area contributed by atoms with Crippen LogP contribution in [-0.4, -0.2) is 21.3 Å². The minimum atomic E-state index is -1.29. The lowest BCUT2D eigenvalue weighted by atomic mass is 9.77. The number of hydrazine groups is 1. The van der Waals surface area contributed by atoms with Crippen LogP contribution in [0.5, 0.6) is 23.0 Å². The standard InChI is InChI=1S/C21H15N3O5S/c22-20(30)24-23-10-1-4-14-13(7-10)19(27)29-21(14)15-5-2-11(25)8-17(15)28-18-9-12(26)3-6-16(18)21/h1-9,23,25-26H,(H3,22,24,30). The first kappa shape index (κ1) is 18.1. The monoisotopic (exact) mass is 421 g/mol. The second-order valence-corrected chi connectivity index (χ2v) is 7.35. The van der Waals surface area contributed by atoms with Crippen LogP contribution in [0.25, 0.3) is 0 Å². The number of nitrogens with two attached hydrogens (primary N) is 1. The van der Waals surface area contributed by atoms with Crippen molar-refractivity contribution in [1.82, 2.24) is 5.43 Å². The van der Waals surface area contributed by atoms with Crippen molar-refractivity contribution in [2.24, 2.45) is 5.73 Å². The Morgan fingerprint density at radius 2 is 1.53 bits per heavy atom. The molecule has 2 heterocycles. The molecular formula is C21H15N3O5S. The Hall–Kier alpha value is -3.98. The van der Waals surface area contributed by atoms with E-state index in [-0.39, 0.29) is 16.6 Å². The highest BCUT2D eigenvalue weighted by Gasteiger charge is 2.53. The van der Waals surface area contributed by atoms with Crippen molar-refractivity contribution in [3.63, 3.8) is 0 Å². The van der Waals surface area contributed by atoms with Crippen LogP contribution < -0.4 is 21.3 Å². The molecule has 9 heteroatoms. The molecule has 0 atom stereocenters. The topological polar surface area (TPSA) is 126 Å². The van der Waals surface area contributed by atoms with Gasteiger partial charge in [0.15, 0.2) is 10.7 Å². The molecule has 0 saturated carbocycles. The number of thiocarbonyl (C=S) groups is 1. The van der Waals surface area contributed by atoms with E-state index < -0.39 is 11.6 Å². The number of ether oxygens (including phenoxy) is 2. The van der Waals surface area contributed by atoms with E-state index in [0.717, 1.165) is 0 Å². The Morgan fingerprint density at radius 1 is 0.933 bits per heavy atom. The van der Waals surface area contributed by atoms with Crippen LogP contribution in [0.4, 0.5) is 5.69 Å². The molecule has 150 valence electrons. The lowest BCUT2D eigenvalue weighted by Crippen LogP contribution is -2.34. The summed E-state index contributed by atoms with van der Waals surface area (Å²) in [5, 5.41) is 19.9. The van der Waals surface area contributed by atoms with Gasteiger partial charge in [-0.1, -0.05) is 6.07 Å². The molecule has 3 aromatic carbocycles. The number of aromatic hydroxyl groups is 2. The molecule has 2 aliphatic heterocycles. The predicted octanol–water partition coefficient (Wildman–Crippen LogP) is 2.83. The fourth-order valence-corrected chi connectivity index (χ4v) is 3.97. The summed E-state index contributed by atoms with van der Waals surface area (Å²) in [5.74, 6) is 0.127. The summed E-state index contributed by atoms with van der Waals surface area (Å²) in [6.07, 6.45) is 0. The van der Waals surface area contributed by atoms with Gasteiger partial charge in [-0.25, -0.2) is 4.79 Å². The maximum atomic E-state index is 12.9. The van der Waals surface area contributed by atoms with Crippen LogP contribution in [0.1, 0.15) is 27.0 Å². The molecule has 0 fully saturated rings. The summed E-state index contributed by atoms with van der Waals surface area (Å²) in [6.45, 7) is 0. The number of hydrogen-bond acceptors (Lipinski definition) is 7. The molecule has 0 unspecified atom stereocenters. The van der Waals surface area contributed by atoms with E-state index >= 15 is 0 Å². The number of hydrogen-bond donors (Lipinski definition) is 5. The van der Waals surface area contributed by atoms with E-state index in [0.29, 0.717) is 39.4 Å². The average Bonchev–Trinajstić information content (AvgIpc) is 2.98. The highest BCUT2D eigenvalue weighted by Crippen LogP contribution is 2.57. The first-order valence-electron chi connectivity index (χ1n) is 8.92. The van der Waals surface area contributed by atoms with Crippen molar-refractivity contribution >= 4 is 29.0 Å². The van der Waals surface area contributed by atoms with Crippen LogP contribution in [-0.2, 0) is 10.3 Å². The Balaban J connectivity index is 1.74. The Kier molecular flexibility index (Phi) is 3.77. The molecule has 6 N–H and O–H groups in total. The lowest BCUT2D eigenvalue weighted by molar-refractivity contribution is 0.0224. The van der Waals surface area contributed by atoms with Gasteiger partial charge in [0.25, 0.3) is 0 Å². The van der Waals surface area contributed by atoms with E-state index in [9.17, 15) is 15.0 Å². The molecule has 0 amide bonds. The van der Waals surface area contributed by atoms with Crippen molar-refractivity contribution in [2.75, 3.05) is 5.43 Å². The molecule has 2 aliphatic rings. The summed E-state index contributed by atoms with van der Waals surface area (Å²) in [4.78, 5) is 12.9. The molecule has 0 aromatic heterocycles. The highest BCUT2D eigenvalue weighted by molar-refractivity contribution is 7.80. The van der Waals surface area contributed by atoms with Gasteiger partial charge in [0, 0.05) is 28.8 Å². The first-order valence-corrected chi connectivity index (χ1v) is 9.33. The fourth-order valence-electron chi connectivity index (χ4n) is 3.92. The zero-order valence-electron chi connectivity index (χ0n) is 15.3. The number of rotatable bonds is 2. The Labute approximate surface area is 175 Å². The average molecular weight is 421 g/mol. The molecule has 5 rings (SSSR count). The number of nitrogens with one attached hydrogen (secondary N) is 2. The molecule has 0 bridgehead atoms. The van der Waals surface area contributed by atoms with Gasteiger partial charge in [-0.2, -0.15) is 0 Å². The van der Waals surface area contributed by atoms with Crippen molar-refractivity contribution in [3.8, 4) is 23.0 Å². The van der Waals surface area contributed by atoms with E-state index in [1.807, 2.05) is 0 Å². The maximum Gasteiger partial charge on any atom is 0.340 e. The Morgan fingerprint density at radius 3 is 2.13 bits per heavy atom. The molecule has 30 heavy (non-hydrogen) atoms. The summed E-state index contributed by atoms with van der Waals surface area (Å²) >= 11 is 4.78. The second kappa shape index (κ2) is 6.26. The third kappa shape index (κ3) is 2.52. The Bertz CT molecular complexity index is 1190. The van der Waals surface area contributed by atoms with Crippen LogP contribution in [0, 0.1) is 0 Å². The number of phenols is 2.